The van der Waals surface area contributed by atoms with Gasteiger partial charge in [0.15, 0.2) is 0 Å². The third kappa shape index (κ3) is 3.09. The molecule has 1 atom stereocenters. The van der Waals surface area contributed by atoms with Gasteiger partial charge in [0, 0.05) is 30.2 Å². The van der Waals surface area contributed by atoms with Gasteiger partial charge in [-0.3, -0.25) is 4.79 Å². The van der Waals surface area contributed by atoms with Crippen molar-refractivity contribution in [2.45, 2.75) is 32.6 Å². The van der Waals surface area contributed by atoms with E-state index in [2.05, 4.69) is 11.9 Å². The third-order valence-corrected chi connectivity index (χ3v) is 4.44. The van der Waals surface area contributed by atoms with Gasteiger partial charge in [-0.25, -0.2) is 4.39 Å². The van der Waals surface area contributed by atoms with Crippen molar-refractivity contribution in [1.82, 2.24) is 9.88 Å². The lowest BCUT2D eigenvalue weighted by Gasteiger charge is -2.20. The Morgan fingerprint density at radius 3 is 3.10 bits per heavy atom. The van der Waals surface area contributed by atoms with Crippen LogP contribution >= 0.6 is 0 Å². The Labute approximate surface area is 124 Å². The number of carbonyl (C=O) groups excluding carboxylic acids is 1. The van der Waals surface area contributed by atoms with Gasteiger partial charge in [0.25, 0.3) is 0 Å². The van der Waals surface area contributed by atoms with Crippen LogP contribution in [0.2, 0.25) is 0 Å². The Bertz CT molecular complexity index is 649. The smallest absolute Gasteiger partial charge is 0.227 e. The highest BCUT2D eigenvalue weighted by atomic mass is 19.1. The lowest BCUT2D eigenvalue weighted by molar-refractivity contribution is -0.130. The van der Waals surface area contributed by atoms with Crippen LogP contribution < -0.4 is 0 Å². The van der Waals surface area contributed by atoms with E-state index in [1.54, 1.807) is 6.07 Å². The van der Waals surface area contributed by atoms with Crippen LogP contribution in [0.4, 0.5) is 4.39 Å². The Morgan fingerprint density at radius 1 is 1.38 bits per heavy atom. The minimum absolute atomic E-state index is 0.147. The summed E-state index contributed by atoms with van der Waals surface area (Å²) in [4.78, 5) is 17.5. The van der Waals surface area contributed by atoms with Crippen LogP contribution in [0.15, 0.2) is 24.4 Å². The number of benzene rings is 1. The molecule has 4 heteroatoms. The predicted molar refractivity (Wildman–Crippen MR) is 81.6 cm³/mol. The molecular weight excluding hydrogens is 267 g/mol. The highest BCUT2D eigenvalue weighted by Crippen LogP contribution is 2.22. The lowest BCUT2D eigenvalue weighted by atomic mass is 10.0. The molecule has 21 heavy (non-hydrogen) atoms. The van der Waals surface area contributed by atoms with E-state index >= 15 is 0 Å². The van der Waals surface area contributed by atoms with E-state index in [1.807, 2.05) is 11.1 Å². The number of hydrogen-bond donors (Lipinski definition) is 1. The van der Waals surface area contributed by atoms with Gasteiger partial charge in [-0.15, -0.1) is 0 Å². The van der Waals surface area contributed by atoms with Crippen LogP contribution in [0.25, 0.3) is 10.9 Å². The van der Waals surface area contributed by atoms with Crippen molar-refractivity contribution < 1.29 is 9.18 Å². The van der Waals surface area contributed by atoms with Crippen molar-refractivity contribution in [3.05, 3.63) is 35.8 Å². The zero-order chi connectivity index (χ0) is 14.8. The SMILES string of the molecule is CC1CCCN(C(=O)Cc2c[nH]c3ccc(F)cc23)CC1. The molecule has 3 rings (SSSR count). The quantitative estimate of drug-likeness (QED) is 0.902. The average Bonchev–Trinajstić information content (AvgIpc) is 2.70. The van der Waals surface area contributed by atoms with Crippen molar-refractivity contribution in [3.63, 3.8) is 0 Å². The number of H-pyrrole nitrogens is 1. The van der Waals surface area contributed by atoms with Crippen LogP contribution in [0.1, 0.15) is 31.7 Å². The maximum atomic E-state index is 13.4. The van der Waals surface area contributed by atoms with Gasteiger partial charge < -0.3 is 9.88 Å². The second-order valence-corrected chi connectivity index (χ2v) is 6.10. The summed E-state index contributed by atoms with van der Waals surface area (Å²) in [6.07, 6.45) is 5.52. The Kier molecular flexibility index (Phi) is 3.95. The fraction of sp³-hybridized carbons (Fsp3) is 0.471. The molecule has 1 amide bonds. The molecule has 2 heterocycles. The molecule has 1 aliphatic rings. The summed E-state index contributed by atoms with van der Waals surface area (Å²) in [5.74, 6) is 0.582. The van der Waals surface area contributed by atoms with E-state index < -0.39 is 0 Å². The largest absolute Gasteiger partial charge is 0.361 e. The zero-order valence-electron chi connectivity index (χ0n) is 12.4. The number of nitrogens with one attached hydrogen (secondary N) is 1. The molecule has 0 aliphatic carbocycles. The molecule has 1 unspecified atom stereocenters. The van der Waals surface area contributed by atoms with Crippen LogP contribution in [-0.4, -0.2) is 28.9 Å². The molecule has 0 saturated carbocycles. The summed E-state index contributed by atoms with van der Waals surface area (Å²) in [7, 11) is 0. The Morgan fingerprint density at radius 2 is 2.24 bits per heavy atom. The number of amides is 1. The van der Waals surface area contributed by atoms with Gasteiger partial charge in [0.1, 0.15) is 5.82 Å². The maximum Gasteiger partial charge on any atom is 0.227 e. The zero-order valence-corrected chi connectivity index (χ0v) is 12.4. The second kappa shape index (κ2) is 5.88. The summed E-state index contributed by atoms with van der Waals surface area (Å²) in [5.41, 5.74) is 1.76. The fourth-order valence-electron chi connectivity index (χ4n) is 3.08. The molecular formula is C17H21FN2O. The summed E-state index contributed by atoms with van der Waals surface area (Å²) in [5, 5.41) is 0.812. The molecule has 0 spiro atoms. The first kappa shape index (κ1) is 14.1. The molecule has 0 radical (unpaired) electrons. The van der Waals surface area contributed by atoms with E-state index in [-0.39, 0.29) is 11.7 Å². The predicted octanol–water partition coefficient (Wildman–Crippen LogP) is 3.50. The molecule has 0 bridgehead atoms. The normalized spacial score (nSPS) is 19.7. The first-order valence-electron chi connectivity index (χ1n) is 7.67. The fourth-order valence-corrected chi connectivity index (χ4v) is 3.08. The van der Waals surface area contributed by atoms with Crippen molar-refractivity contribution in [2.24, 2.45) is 5.92 Å². The van der Waals surface area contributed by atoms with E-state index in [4.69, 9.17) is 0 Å². The molecule has 3 nitrogen and oxygen atoms in total. The van der Waals surface area contributed by atoms with Gasteiger partial charge in [-0.05, 0) is 48.9 Å². The molecule has 1 fully saturated rings. The number of aromatic amines is 1. The van der Waals surface area contributed by atoms with Crippen molar-refractivity contribution in [2.75, 3.05) is 13.1 Å². The van der Waals surface area contributed by atoms with Crippen LogP contribution in [-0.2, 0) is 11.2 Å². The van der Waals surface area contributed by atoms with E-state index in [1.165, 1.54) is 18.6 Å². The second-order valence-electron chi connectivity index (χ2n) is 6.10. The molecule has 1 saturated heterocycles. The van der Waals surface area contributed by atoms with E-state index in [0.717, 1.165) is 42.4 Å². The monoisotopic (exact) mass is 288 g/mol. The molecule has 112 valence electrons. The van der Waals surface area contributed by atoms with Crippen molar-refractivity contribution in [3.8, 4) is 0 Å². The molecule has 1 aromatic heterocycles. The standard InChI is InChI=1S/C17H21FN2O/c1-12-3-2-7-20(8-6-12)17(21)9-13-11-19-16-5-4-14(18)10-15(13)16/h4-5,10-12,19H,2-3,6-9H2,1H3. The van der Waals surface area contributed by atoms with E-state index in [9.17, 15) is 9.18 Å². The first-order valence-corrected chi connectivity index (χ1v) is 7.67. The number of rotatable bonds is 2. The minimum atomic E-state index is -0.264. The number of carbonyl (C=O) groups is 1. The van der Waals surface area contributed by atoms with Gasteiger partial charge >= 0.3 is 0 Å². The first-order chi connectivity index (χ1) is 10.1. The maximum absolute atomic E-state index is 13.4. The molecule has 1 N–H and O–H groups in total. The third-order valence-electron chi connectivity index (χ3n) is 4.44. The minimum Gasteiger partial charge on any atom is -0.361 e. The van der Waals surface area contributed by atoms with Crippen LogP contribution in [0.3, 0.4) is 0 Å². The number of hydrogen-bond acceptors (Lipinski definition) is 1. The van der Waals surface area contributed by atoms with Gasteiger partial charge in [-0.2, -0.15) is 0 Å². The number of halogens is 1. The topological polar surface area (TPSA) is 36.1 Å². The molecule has 1 aromatic carbocycles. The number of likely N-dealkylation sites (tertiary alicyclic amines) is 1. The molecule has 2 aromatic rings. The lowest BCUT2D eigenvalue weighted by Crippen LogP contribution is -2.33. The highest BCUT2D eigenvalue weighted by molar-refractivity contribution is 5.89. The van der Waals surface area contributed by atoms with Crippen molar-refractivity contribution in [1.29, 1.82) is 0 Å². The Balaban J connectivity index is 1.75. The number of aromatic nitrogens is 1. The summed E-state index contributed by atoms with van der Waals surface area (Å²) in [6, 6.07) is 4.64. The summed E-state index contributed by atoms with van der Waals surface area (Å²) >= 11 is 0. The number of fused-ring (bicyclic) bond motifs is 1. The van der Waals surface area contributed by atoms with Crippen LogP contribution in [0, 0.1) is 11.7 Å². The average molecular weight is 288 g/mol. The van der Waals surface area contributed by atoms with Gasteiger partial charge in [-0.1, -0.05) is 6.92 Å². The van der Waals surface area contributed by atoms with E-state index in [0.29, 0.717) is 12.3 Å². The summed E-state index contributed by atoms with van der Waals surface area (Å²) in [6.45, 7) is 3.94. The number of nitrogens with zero attached hydrogens (tertiary/aromatic N) is 1. The van der Waals surface area contributed by atoms with Crippen LogP contribution in [0.5, 0.6) is 0 Å². The van der Waals surface area contributed by atoms with Gasteiger partial charge in [0.05, 0.1) is 6.42 Å². The molecule has 1 aliphatic heterocycles. The van der Waals surface area contributed by atoms with Gasteiger partial charge in [0.2, 0.25) is 5.91 Å². The highest BCUT2D eigenvalue weighted by Gasteiger charge is 2.19. The Hall–Kier alpha value is -1.84. The summed E-state index contributed by atoms with van der Waals surface area (Å²) < 4.78 is 13.4. The van der Waals surface area contributed by atoms with Crippen molar-refractivity contribution >= 4 is 16.8 Å².